The fraction of sp³-hybridized carbons (Fsp3) is 0. The van der Waals surface area contributed by atoms with Crippen molar-refractivity contribution in [2.24, 2.45) is 0 Å². The Morgan fingerprint density at radius 1 is 0.957 bits per heavy atom. The van der Waals surface area contributed by atoms with Gasteiger partial charge in [0.15, 0.2) is 12.4 Å². The molecule has 0 aliphatic heterocycles. The molecule has 108 valence electrons. The third-order valence-corrected chi connectivity index (χ3v) is 3.56. The van der Waals surface area contributed by atoms with Crippen LogP contribution in [-0.4, -0.2) is 17.4 Å². The van der Waals surface area contributed by atoms with Gasteiger partial charge in [-0.2, -0.15) is 9.83 Å². The summed E-state index contributed by atoms with van der Waals surface area (Å²) in [4.78, 5) is 25.7. The topological polar surface area (TPSA) is 85.7 Å². The second-order valence-electron chi connectivity index (χ2n) is 4.82. The number of nitrogens with one attached hydrogen (secondary N) is 1. The lowest BCUT2D eigenvalue weighted by atomic mass is 9.84. The summed E-state index contributed by atoms with van der Waals surface area (Å²) >= 11 is 0. The Morgan fingerprint density at radius 3 is 2.13 bits per heavy atom. The quantitative estimate of drug-likeness (QED) is 0.522. The van der Waals surface area contributed by atoms with Crippen LogP contribution in [0.1, 0.15) is 20.7 Å². The number of hydrogen-bond acceptors (Lipinski definition) is 4. The lowest BCUT2D eigenvalue weighted by molar-refractivity contribution is -0.577. The maximum atomic E-state index is 12.9. The molecule has 0 radical (unpaired) electrons. The van der Waals surface area contributed by atoms with E-state index in [4.69, 9.17) is 5.41 Å². The Labute approximate surface area is 131 Å². The number of fused-ring (bicyclic) bond motifs is 1. The van der Waals surface area contributed by atoms with E-state index in [2.05, 4.69) is 0 Å². The molecule has 5 nitrogen and oxygen atoms in total. The highest BCUT2D eigenvalue weighted by atomic mass is 16.1. The Balaban J connectivity index is 2.40. The summed E-state index contributed by atoms with van der Waals surface area (Å²) in [5, 5.41) is 16.5. The lowest BCUT2D eigenvalue weighted by Gasteiger charge is -2.15. The normalized spacial score (nSPS) is 13.2. The number of pyridine rings is 1. The van der Waals surface area contributed by atoms with Gasteiger partial charge in [-0.25, -0.2) is 0 Å². The second-order valence-corrected chi connectivity index (χ2v) is 4.82. The summed E-state index contributed by atoms with van der Waals surface area (Å²) < 4.78 is 1.49. The summed E-state index contributed by atoms with van der Waals surface area (Å²) in [5.41, 5.74) is 0.225. The molecular formula is C18H10N3O2+. The van der Waals surface area contributed by atoms with Crippen molar-refractivity contribution in [1.29, 1.82) is 10.7 Å². The van der Waals surface area contributed by atoms with Gasteiger partial charge in [-0.1, -0.05) is 30.3 Å². The van der Waals surface area contributed by atoms with Gasteiger partial charge in [0.2, 0.25) is 5.78 Å². The van der Waals surface area contributed by atoms with E-state index in [0.717, 1.165) is 0 Å². The molecule has 1 N–H and O–H groups in total. The molecule has 1 aliphatic carbocycles. The molecule has 0 unspecified atom stereocenters. The molecule has 0 saturated heterocycles. The molecule has 0 atom stereocenters. The van der Waals surface area contributed by atoms with E-state index in [0.29, 0.717) is 0 Å². The van der Waals surface area contributed by atoms with Gasteiger partial charge < -0.3 is 0 Å². The second kappa shape index (κ2) is 5.64. The molecule has 2 aromatic rings. The number of rotatable bonds is 2. The first-order valence-electron chi connectivity index (χ1n) is 6.78. The molecule has 0 bridgehead atoms. The van der Waals surface area contributed by atoms with Crippen LogP contribution < -0.4 is 4.57 Å². The van der Waals surface area contributed by atoms with E-state index < -0.39 is 5.78 Å². The number of benzene rings is 1. The van der Waals surface area contributed by atoms with Crippen molar-refractivity contribution in [1.82, 2.24) is 0 Å². The van der Waals surface area contributed by atoms with Crippen LogP contribution >= 0.6 is 0 Å². The van der Waals surface area contributed by atoms with E-state index in [1.807, 2.05) is 5.87 Å². The standard InChI is InChI=1S/C18H10N3O2/c19-10-12(11-20)15-16(21-8-4-1-5-9-21)18(23)14-7-3-2-6-13(14)17(15)22/h1-9,19H/q+1. The van der Waals surface area contributed by atoms with Gasteiger partial charge in [0.1, 0.15) is 17.2 Å². The van der Waals surface area contributed by atoms with Gasteiger partial charge in [-0.3, -0.25) is 15.0 Å². The zero-order valence-electron chi connectivity index (χ0n) is 11.9. The highest BCUT2D eigenvalue weighted by Gasteiger charge is 2.39. The van der Waals surface area contributed by atoms with Crippen molar-refractivity contribution >= 4 is 23.1 Å². The number of carbonyl (C=O) groups is 2. The Kier molecular flexibility index (Phi) is 3.52. The van der Waals surface area contributed by atoms with Crippen LogP contribution in [0, 0.1) is 16.7 Å². The van der Waals surface area contributed by atoms with Crippen LogP contribution in [0.2, 0.25) is 0 Å². The lowest BCUT2D eigenvalue weighted by Crippen LogP contribution is -2.40. The van der Waals surface area contributed by atoms with Crippen LogP contribution in [0.25, 0.3) is 5.70 Å². The predicted molar refractivity (Wildman–Crippen MR) is 81.8 cm³/mol. The first kappa shape index (κ1) is 14.3. The highest BCUT2D eigenvalue weighted by molar-refractivity contribution is 6.37. The number of aromatic nitrogens is 1. The summed E-state index contributed by atoms with van der Waals surface area (Å²) in [5.74, 6) is 1.14. The number of allylic oxidation sites excluding steroid dienone is 3. The molecule has 5 heteroatoms. The number of hydrogen-bond donors (Lipinski definition) is 1. The van der Waals surface area contributed by atoms with E-state index >= 15 is 0 Å². The van der Waals surface area contributed by atoms with Gasteiger partial charge in [-0.15, -0.1) is 0 Å². The third kappa shape index (κ3) is 2.20. The van der Waals surface area contributed by atoms with Gasteiger partial charge in [0.25, 0.3) is 11.5 Å². The minimum absolute atomic E-state index is 0.0607. The molecule has 1 aromatic carbocycles. The van der Waals surface area contributed by atoms with E-state index in [-0.39, 0.29) is 33.8 Å². The van der Waals surface area contributed by atoms with Crippen molar-refractivity contribution in [3.8, 4) is 6.07 Å². The summed E-state index contributed by atoms with van der Waals surface area (Å²) in [6.07, 6.45) is 3.24. The number of nitrogens with zero attached hydrogens (tertiary/aromatic N) is 2. The Hall–Kier alpha value is -3.61. The zero-order valence-corrected chi connectivity index (χ0v) is 11.9. The molecule has 1 heterocycles. The number of ketones is 2. The monoisotopic (exact) mass is 300 g/mol. The van der Waals surface area contributed by atoms with Gasteiger partial charge in [0.05, 0.1) is 0 Å². The van der Waals surface area contributed by atoms with E-state index in [9.17, 15) is 14.9 Å². The first-order chi connectivity index (χ1) is 11.2. The predicted octanol–water partition coefficient (Wildman–Crippen LogP) is 1.96. The highest BCUT2D eigenvalue weighted by Crippen LogP contribution is 2.29. The minimum atomic E-state index is -0.456. The molecule has 0 amide bonds. The Morgan fingerprint density at radius 2 is 1.57 bits per heavy atom. The minimum Gasteiger partial charge on any atom is -0.288 e. The zero-order chi connectivity index (χ0) is 16.4. The Bertz CT molecular complexity index is 959. The van der Waals surface area contributed by atoms with Crippen LogP contribution in [-0.2, 0) is 0 Å². The molecule has 23 heavy (non-hydrogen) atoms. The molecule has 1 aliphatic rings. The molecule has 0 spiro atoms. The fourth-order valence-corrected chi connectivity index (χ4v) is 2.53. The van der Waals surface area contributed by atoms with Crippen molar-refractivity contribution in [2.75, 3.05) is 0 Å². The van der Waals surface area contributed by atoms with Crippen molar-refractivity contribution in [3.05, 3.63) is 77.1 Å². The van der Waals surface area contributed by atoms with E-state index in [1.165, 1.54) is 4.57 Å². The van der Waals surface area contributed by atoms with Crippen LogP contribution in [0.15, 0.2) is 66.0 Å². The summed E-state index contributed by atoms with van der Waals surface area (Å²) in [6.45, 7) is 0. The van der Waals surface area contributed by atoms with E-state index in [1.54, 1.807) is 60.9 Å². The smallest absolute Gasteiger partial charge is 0.272 e. The molecule has 1 aromatic heterocycles. The van der Waals surface area contributed by atoms with Crippen molar-refractivity contribution in [2.45, 2.75) is 0 Å². The summed E-state index contributed by atoms with van der Waals surface area (Å²) in [7, 11) is 0. The fourth-order valence-electron chi connectivity index (χ4n) is 2.53. The van der Waals surface area contributed by atoms with Crippen LogP contribution in [0.5, 0.6) is 0 Å². The van der Waals surface area contributed by atoms with Crippen molar-refractivity contribution in [3.63, 3.8) is 0 Å². The number of carbonyl (C=O) groups excluding carboxylic acids is 2. The largest absolute Gasteiger partial charge is 0.288 e. The van der Waals surface area contributed by atoms with Gasteiger partial charge in [-0.05, 0) is 5.87 Å². The van der Waals surface area contributed by atoms with Gasteiger partial charge >= 0.3 is 0 Å². The number of nitriles is 1. The number of Topliss-reactive ketones (excluding diaryl/α,β-unsaturated/α-hetero) is 2. The maximum Gasteiger partial charge on any atom is 0.272 e. The van der Waals surface area contributed by atoms with Crippen molar-refractivity contribution < 1.29 is 14.2 Å². The molecule has 0 saturated carbocycles. The van der Waals surface area contributed by atoms with Crippen LogP contribution in [0.4, 0.5) is 0 Å². The third-order valence-electron chi connectivity index (χ3n) is 3.56. The SMILES string of the molecule is N#CC(=C=N)C1=C([n+]2ccccc2)C(=O)c2ccccc2C1=O. The average molecular weight is 300 g/mol. The first-order valence-corrected chi connectivity index (χ1v) is 6.78. The van der Waals surface area contributed by atoms with Gasteiger partial charge in [0, 0.05) is 23.3 Å². The summed E-state index contributed by atoms with van der Waals surface area (Å²) in [6, 6.07) is 13.4. The molecular weight excluding hydrogens is 290 g/mol. The molecule has 0 fully saturated rings. The average Bonchev–Trinajstić information content (AvgIpc) is 2.61. The molecule has 3 rings (SSSR count). The maximum absolute atomic E-state index is 12.9. The van der Waals surface area contributed by atoms with Crippen LogP contribution in [0.3, 0.4) is 0 Å².